The van der Waals surface area contributed by atoms with Gasteiger partial charge in [-0.25, -0.2) is 27.2 Å². The molecule has 0 aliphatic carbocycles. The molecule has 0 unspecified atom stereocenters. The van der Waals surface area contributed by atoms with Crippen LogP contribution in [0.15, 0.2) is 59.8 Å². The largest absolute Gasteiger partial charge is 0.451 e. The summed E-state index contributed by atoms with van der Waals surface area (Å²) in [5, 5.41) is 2.52. The molecule has 2 aromatic carbocycles. The summed E-state index contributed by atoms with van der Waals surface area (Å²) >= 11 is 0. The Labute approximate surface area is 219 Å². The van der Waals surface area contributed by atoms with Crippen molar-refractivity contribution in [2.75, 3.05) is 6.54 Å². The predicted octanol–water partition coefficient (Wildman–Crippen LogP) is 3.92. The molecule has 4 rings (SSSR count). The summed E-state index contributed by atoms with van der Waals surface area (Å²) in [5.74, 6) is -3.17. The normalized spacial score (nSPS) is 18.2. The van der Waals surface area contributed by atoms with E-state index < -0.39 is 58.9 Å². The first-order chi connectivity index (χ1) is 18.3. The molecule has 1 aliphatic rings. The second kappa shape index (κ2) is 10.8. The molecule has 1 aromatic heterocycles. The maximum absolute atomic E-state index is 14.3. The average Bonchev–Trinajstić information content (AvgIpc) is 3.29. The van der Waals surface area contributed by atoms with Crippen molar-refractivity contribution >= 4 is 21.7 Å². The molecular weight excluding hydrogens is 547 g/mol. The third kappa shape index (κ3) is 6.11. The Bertz CT molecular complexity index is 1500. The summed E-state index contributed by atoms with van der Waals surface area (Å²) in [7, 11) is -4.33. The van der Waals surface area contributed by atoms with Crippen molar-refractivity contribution in [3.05, 3.63) is 77.6 Å². The molecular formula is C25H21F5N4O4S. The number of Topliss-reactive ketones (excluding diaryl/α,β-unsaturated/α-hetero) is 1. The highest BCUT2D eigenvalue weighted by Crippen LogP contribution is 2.30. The summed E-state index contributed by atoms with van der Waals surface area (Å²) in [5.41, 5.74) is 1.08. The number of rotatable bonds is 7. The van der Waals surface area contributed by atoms with Crippen LogP contribution in [0.1, 0.15) is 35.1 Å². The minimum atomic E-state index is -4.72. The fraction of sp³-hybridized carbons (Fsp3) is 0.280. The molecule has 2 heterocycles. The van der Waals surface area contributed by atoms with Crippen molar-refractivity contribution in [1.29, 1.82) is 0 Å². The van der Waals surface area contributed by atoms with E-state index in [1.54, 1.807) is 0 Å². The first-order valence-electron chi connectivity index (χ1n) is 11.5. The fourth-order valence-corrected chi connectivity index (χ4v) is 5.81. The molecule has 206 valence electrons. The lowest BCUT2D eigenvalue weighted by atomic mass is 9.98. The summed E-state index contributed by atoms with van der Waals surface area (Å²) in [6, 6.07) is 6.86. The molecule has 8 nitrogen and oxygen atoms in total. The first-order valence-corrected chi connectivity index (χ1v) is 12.9. The third-order valence-corrected chi connectivity index (χ3v) is 7.99. The minimum absolute atomic E-state index is 0.206. The van der Waals surface area contributed by atoms with Gasteiger partial charge in [0, 0.05) is 43.0 Å². The molecule has 39 heavy (non-hydrogen) atoms. The smallest absolute Gasteiger partial charge is 0.351 e. The van der Waals surface area contributed by atoms with Crippen LogP contribution in [0.3, 0.4) is 0 Å². The Hall–Kier alpha value is -3.78. The maximum atomic E-state index is 14.3. The van der Waals surface area contributed by atoms with Crippen molar-refractivity contribution in [2.24, 2.45) is 0 Å². The number of alkyl halides is 4. The van der Waals surface area contributed by atoms with Crippen LogP contribution >= 0.6 is 0 Å². The number of hydrogen-bond donors (Lipinski definition) is 1. The highest BCUT2D eigenvalue weighted by Gasteiger charge is 2.44. The fourth-order valence-electron chi connectivity index (χ4n) is 4.19. The number of nitrogens with zero attached hydrogens (tertiary/aromatic N) is 3. The van der Waals surface area contributed by atoms with E-state index in [1.807, 2.05) is 0 Å². The third-order valence-electron chi connectivity index (χ3n) is 6.10. The van der Waals surface area contributed by atoms with Crippen LogP contribution in [0, 0.1) is 5.82 Å². The Morgan fingerprint density at radius 2 is 1.69 bits per heavy atom. The number of amides is 1. The number of sulfonamides is 1. The van der Waals surface area contributed by atoms with Gasteiger partial charge in [0.05, 0.1) is 4.90 Å². The van der Waals surface area contributed by atoms with Crippen molar-refractivity contribution < 1.29 is 40.0 Å². The van der Waals surface area contributed by atoms with Gasteiger partial charge in [0.1, 0.15) is 18.0 Å². The van der Waals surface area contributed by atoms with E-state index in [-0.39, 0.29) is 33.9 Å². The van der Waals surface area contributed by atoms with Gasteiger partial charge in [0.2, 0.25) is 21.8 Å². The zero-order chi connectivity index (χ0) is 28.5. The van der Waals surface area contributed by atoms with Crippen molar-refractivity contribution in [2.45, 2.75) is 43.2 Å². The number of hydrogen-bond acceptors (Lipinski definition) is 6. The highest BCUT2D eigenvalue weighted by molar-refractivity contribution is 7.89. The Balaban J connectivity index is 1.56. The van der Waals surface area contributed by atoms with Gasteiger partial charge in [0.15, 0.2) is 5.78 Å². The second-order valence-corrected chi connectivity index (χ2v) is 10.7. The van der Waals surface area contributed by atoms with E-state index in [0.717, 1.165) is 36.7 Å². The van der Waals surface area contributed by atoms with Crippen LogP contribution in [-0.4, -0.2) is 53.1 Å². The van der Waals surface area contributed by atoms with E-state index in [1.165, 1.54) is 25.1 Å². The number of halogens is 5. The number of nitrogens with one attached hydrogen (secondary N) is 1. The molecule has 1 amide bonds. The lowest BCUT2D eigenvalue weighted by Gasteiger charge is -2.23. The first kappa shape index (κ1) is 28.2. The van der Waals surface area contributed by atoms with Crippen LogP contribution in [0.4, 0.5) is 22.0 Å². The molecule has 1 N–H and O–H groups in total. The van der Waals surface area contributed by atoms with E-state index in [0.29, 0.717) is 9.87 Å². The molecule has 0 bridgehead atoms. The number of benzene rings is 2. The Kier molecular flexibility index (Phi) is 7.80. The van der Waals surface area contributed by atoms with Gasteiger partial charge in [-0.15, -0.1) is 0 Å². The maximum Gasteiger partial charge on any atom is 0.451 e. The van der Waals surface area contributed by atoms with E-state index >= 15 is 0 Å². The quantitative estimate of drug-likeness (QED) is 0.342. The summed E-state index contributed by atoms with van der Waals surface area (Å²) < 4.78 is 92.7. The number of carbonyl (C=O) groups is 2. The van der Waals surface area contributed by atoms with Crippen LogP contribution in [-0.2, 0) is 27.5 Å². The van der Waals surface area contributed by atoms with Gasteiger partial charge in [-0.1, -0.05) is 12.1 Å². The average molecular weight is 569 g/mol. The zero-order valence-corrected chi connectivity index (χ0v) is 21.1. The van der Waals surface area contributed by atoms with E-state index in [4.69, 9.17) is 0 Å². The van der Waals surface area contributed by atoms with Crippen LogP contribution < -0.4 is 5.32 Å². The second-order valence-electron chi connectivity index (χ2n) is 8.82. The number of ketones is 1. The monoisotopic (exact) mass is 568 g/mol. The van der Waals surface area contributed by atoms with Crippen LogP contribution in [0.25, 0.3) is 11.1 Å². The molecule has 0 spiro atoms. The van der Waals surface area contributed by atoms with Crippen molar-refractivity contribution in [1.82, 2.24) is 19.6 Å². The van der Waals surface area contributed by atoms with Crippen LogP contribution in [0.5, 0.6) is 0 Å². The molecule has 1 fully saturated rings. The molecule has 0 saturated carbocycles. The Morgan fingerprint density at radius 3 is 2.28 bits per heavy atom. The number of carbonyl (C=O) groups excluding carboxylic acids is 2. The molecule has 1 aliphatic heterocycles. The number of aromatic nitrogens is 2. The molecule has 2 atom stereocenters. The molecule has 0 radical (unpaired) electrons. The van der Waals surface area contributed by atoms with E-state index in [2.05, 4.69) is 15.3 Å². The minimum Gasteiger partial charge on any atom is -0.351 e. The zero-order valence-electron chi connectivity index (χ0n) is 20.2. The summed E-state index contributed by atoms with van der Waals surface area (Å²) in [4.78, 5) is 31.5. The lowest BCUT2D eigenvalue weighted by Crippen LogP contribution is -2.45. The van der Waals surface area contributed by atoms with Crippen molar-refractivity contribution in [3.8, 4) is 11.1 Å². The predicted molar refractivity (Wildman–Crippen MR) is 128 cm³/mol. The highest BCUT2D eigenvalue weighted by atomic mass is 32.2. The summed E-state index contributed by atoms with van der Waals surface area (Å²) in [6.45, 7) is 0.449. The van der Waals surface area contributed by atoms with Gasteiger partial charge >= 0.3 is 6.18 Å². The van der Waals surface area contributed by atoms with Crippen molar-refractivity contribution in [3.63, 3.8) is 0 Å². The van der Waals surface area contributed by atoms with Crippen LogP contribution in [0.2, 0.25) is 0 Å². The molecule has 1 saturated heterocycles. The van der Waals surface area contributed by atoms with Gasteiger partial charge in [-0.3, -0.25) is 9.59 Å². The Morgan fingerprint density at radius 1 is 1.05 bits per heavy atom. The van der Waals surface area contributed by atoms with Gasteiger partial charge < -0.3 is 5.32 Å². The SMILES string of the molecule is CC(=O)c1ccc(-c2cnc(C(F)(F)F)nc2)cc1CNC(=O)[C@@H]1C[C@@H](F)CN1S(=O)(=O)c1ccc(F)cc1. The standard InChI is InChI=1S/C25H21F5N4O4S/c1-14(35)21-7-2-15(17-11-32-24(33-12-17)25(28,29)30)8-16(21)10-31-23(36)22-9-19(27)13-34(22)39(37,38)20-5-3-18(26)4-6-20/h2-8,11-12,19,22H,9-10,13H2,1H3,(H,31,36)/t19-,22+/m1/s1. The van der Waals surface area contributed by atoms with Gasteiger partial charge in [0.25, 0.3) is 0 Å². The molecule has 3 aromatic rings. The van der Waals surface area contributed by atoms with Gasteiger partial charge in [-0.05, 0) is 48.4 Å². The molecule has 14 heteroatoms. The lowest BCUT2D eigenvalue weighted by molar-refractivity contribution is -0.145. The topological polar surface area (TPSA) is 109 Å². The summed E-state index contributed by atoms with van der Waals surface area (Å²) in [6.07, 6.45) is -4.80. The van der Waals surface area contributed by atoms with Gasteiger partial charge in [-0.2, -0.15) is 17.5 Å². The van der Waals surface area contributed by atoms with E-state index in [9.17, 15) is 40.0 Å².